The molecule has 0 aromatic heterocycles. The Hall–Kier alpha value is -1.05. The van der Waals surface area contributed by atoms with Gasteiger partial charge >= 0.3 is 0 Å². The van der Waals surface area contributed by atoms with Gasteiger partial charge in [-0.2, -0.15) is 0 Å². The highest BCUT2D eigenvalue weighted by Gasteiger charge is 2.04. The second kappa shape index (κ2) is 5.57. The third-order valence-electron chi connectivity index (χ3n) is 1.98. The molecule has 1 N–H and O–H groups in total. The first-order chi connectivity index (χ1) is 5.70. The second-order valence-electron chi connectivity index (χ2n) is 3.30. The zero-order chi connectivity index (χ0) is 8.97. The molecule has 1 aromatic rings. The van der Waals surface area contributed by atoms with Gasteiger partial charge in [0, 0.05) is 14.1 Å². The van der Waals surface area contributed by atoms with Crippen molar-refractivity contribution in [3.63, 3.8) is 0 Å². The average Bonchev–Trinajstić information content (AvgIpc) is 2.05. The molecule has 0 saturated carbocycles. The van der Waals surface area contributed by atoms with Crippen molar-refractivity contribution in [2.24, 2.45) is 0 Å². The molecule has 0 heterocycles. The minimum absolute atomic E-state index is 0. The molecule has 1 aromatic carbocycles. The molecule has 0 aliphatic carbocycles. The Morgan fingerprint density at radius 1 is 1.31 bits per heavy atom. The Kier molecular flexibility index (Phi) is 5.13. The van der Waals surface area contributed by atoms with E-state index in [1.165, 1.54) is 5.56 Å². The maximum Gasteiger partial charge on any atom is 0.00642 e. The van der Waals surface area contributed by atoms with E-state index in [0.29, 0.717) is 5.92 Å². The maximum atomic E-state index is 7.37. The smallest absolute Gasteiger partial charge is 0.00642 e. The van der Waals surface area contributed by atoms with Gasteiger partial charge < -0.3 is 5.41 Å². The molecule has 0 fully saturated rings. The molecule has 1 atom stereocenters. The summed E-state index contributed by atoms with van der Waals surface area (Å²) < 4.78 is 0. The van der Waals surface area contributed by atoms with Crippen molar-refractivity contribution >= 4 is 14.1 Å². The van der Waals surface area contributed by atoms with Crippen molar-refractivity contribution in [3.05, 3.63) is 35.9 Å². The van der Waals surface area contributed by atoms with Crippen LogP contribution in [0.3, 0.4) is 0 Å². The van der Waals surface area contributed by atoms with E-state index in [9.17, 15) is 0 Å². The molecular weight excluding hydrogens is 157 g/mol. The van der Waals surface area contributed by atoms with Crippen LogP contribution >= 0.6 is 0 Å². The van der Waals surface area contributed by atoms with Gasteiger partial charge in [0.1, 0.15) is 0 Å². The van der Waals surface area contributed by atoms with Crippen LogP contribution in [0.25, 0.3) is 0 Å². The van der Waals surface area contributed by atoms with Crippen LogP contribution in [0, 0.1) is 5.41 Å². The molecule has 67 valence electrons. The van der Waals surface area contributed by atoms with Gasteiger partial charge in [-0.3, -0.25) is 0 Å². The SMILES string of the molecule is CC(=N)CC(C)c1ccccc1.[B]. The Labute approximate surface area is 82.3 Å². The third kappa shape index (κ3) is 3.93. The quantitative estimate of drug-likeness (QED) is 0.535. The summed E-state index contributed by atoms with van der Waals surface area (Å²) in [5, 5.41) is 7.37. The van der Waals surface area contributed by atoms with Gasteiger partial charge in [0.05, 0.1) is 0 Å². The van der Waals surface area contributed by atoms with Gasteiger partial charge in [-0.05, 0) is 24.8 Å². The van der Waals surface area contributed by atoms with Gasteiger partial charge in [0.2, 0.25) is 0 Å². The van der Waals surface area contributed by atoms with Crippen LogP contribution in [0.4, 0.5) is 0 Å². The molecule has 3 radical (unpaired) electrons. The summed E-state index contributed by atoms with van der Waals surface area (Å²) >= 11 is 0. The number of hydrogen-bond acceptors (Lipinski definition) is 1. The lowest BCUT2D eigenvalue weighted by atomic mass is 9.96. The van der Waals surface area contributed by atoms with Crippen LogP contribution in [0.15, 0.2) is 30.3 Å². The van der Waals surface area contributed by atoms with Crippen LogP contribution in [0.1, 0.15) is 31.7 Å². The molecule has 0 aliphatic heterocycles. The number of nitrogens with one attached hydrogen (secondary N) is 1. The van der Waals surface area contributed by atoms with Gasteiger partial charge in [-0.15, -0.1) is 0 Å². The molecule has 0 spiro atoms. The van der Waals surface area contributed by atoms with E-state index in [0.717, 1.165) is 12.1 Å². The van der Waals surface area contributed by atoms with Crippen LogP contribution in [-0.4, -0.2) is 14.1 Å². The van der Waals surface area contributed by atoms with Crippen molar-refractivity contribution < 1.29 is 0 Å². The largest absolute Gasteiger partial charge is 0.310 e. The highest BCUT2D eigenvalue weighted by Crippen LogP contribution is 2.18. The Morgan fingerprint density at radius 2 is 1.85 bits per heavy atom. The Morgan fingerprint density at radius 3 is 2.31 bits per heavy atom. The molecule has 2 heteroatoms. The molecular formula is C11H15BN. The molecule has 1 nitrogen and oxygen atoms in total. The predicted octanol–water partition coefficient (Wildman–Crippen LogP) is 2.84. The summed E-state index contributed by atoms with van der Waals surface area (Å²) in [6, 6.07) is 10.4. The molecule has 0 amide bonds. The standard InChI is InChI=1S/C11H15N.B/c1-9(8-10(2)12)11-6-4-3-5-7-11;/h3-7,9,12H,8H2,1-2H3;. The molecule has 0 bridgehead atoms. The Bertz CT molecular complexity index is 256. The highest BCUT2D eigenvalue weighted by atomic mass is 14.4. The van der Waals surface area contributed by atoms with Crippen LogP contribution in [0.2, 0.25) is 0 Å². The van der Waals surface area contributed by atoms with Crippen molar-refractivity contribution in [1.82, 2.24) is 0 Å². The fraction of sp³-hybridized carbons (Fsp3) is 0.364. The molecule has 13 heavy (non-hydrogen) atoms. The minimum Gasteiger partial charge on any atom is -0.310 e. The predicted molar refractivity (Wildman–Crippen MR) is 58.6 cm³/mol. The van der Waals surface area contributed by atoms with E-state index in [-0.39, 0.29) is 8.41 Å². The van der Waals surface area contributed by atoms with E-state index in [2.05, 4.69) is 19.1 Å². The number of hydrogen-bond donors (Lipinski definition) is 1. The molecule has 1 unspecified atom stereocenters. The molecule has 0 aliphatic rings. The normalized spacial score (nSPS) is 11.5. The van der Waals surface area contributed by atoms with Crippen LogP contribution in [0.5, 0.6) is 0 Å². The second-order valence-corrected chi connectivity index (χ2v) is 3.30. The van der Waals surface area contributed by atoms with Gasteiger partial charge in [-0.25, -0.2) is 0 Å². The van der Waals surface area contributed by atoms with E-state index >= 15 is 0 Å². The van der Waals surface area contributed by atoms with Crippen molar-refractivity contribution in [2.45, 2.75) is 26.2 Å². The summed E-state index contributed by atoms with van der Waals surface area (Å²) in [6.07, 6.45) is 0.865. The summed E-state index contributed by atoms with van der Waals surface area (Å²) in [5.41, 5.74) is 2.08. The Balaban J connectivity index is 0.00000144. The van der Waals surface area contributed by atoms with Crippen molar-refractivity contribution in [3.8, 4) is 0 Å². The molecule has 1 rings (SSSR count). The summed E-state index contributed by atoms with van der Waals surface area (Å²) in [5.74, 6) is 0.476. The van der Waals surface area contributed by atoms with Crippen molar-refractivity contribution in [2.75, 3.05) is 0 Å². The van der Waals surface area contributed by atoms with E-state index in [1.54, 1.807) is 0 Å². The lowest BCUT2D eigenvalue weighted by Crippen LogP contribution is -1.98. The first-order valence-corrected chi connectivity index (χ1v) is 4.29. The zero-order valence-corrected chi connectivity index (χ0v) is 8.25. The third-order valence-corrected chi connectivity index (χ3v) is 1.98. The fourth-order valence-electron chi connectivity index (χ4n) is 1.36. The number of benzene rings is 1. The minimum atomic E-state index is 0. The zero-order valence-electron chi connectivity index (χ0n) is 8.25. The fourth-order valence-corrected chi connectivity index (χ4v) is 1.36. The van der Waals surface area contributed by atoms with Crippen LogP contribution in [-0.2, 0) is 0 Å². The van der Waals surface area contributed by atoms with Gasteiger partial charge in [0.15, 0.2) is 0 Å². The first-order valence-electron chi connectivity index (χ1n) is 4.29. The summed E-state index contributed by atoms with van der Waals surface area (Å²) in [6.45, 7) is 4.02. The summed E-state index contributed by atoms with van der Waals surface area (Å²) in [4.78, 5) is 0. The first kappa shape index (κ1) is 12.0. The molecule has 0 saturated heterocycles. The van der Waals surface area contributed by atoms with Crippen molar-refractivity contribution in [1.29, 1.82) is 5.41 Å². The monoisotopic (exact) mass is 172 g/mol. The van der Waals surface area contributed by atoms with Gasteiger partial charge in [-0.1, -0.05) is 37.3 Å². The lowest BCUT2D eigenvalue weighted by Gasteiger charge is -2.09. The topological polar surface area (TPSA) is 23.9 Å². The van der Waals surface area contributed by atoms with E-state index in [1.807, 2.05) is 25.1 Å². The average molecular weight is 172 g/mol. The lowest BCUT2D eigenvalue weighted by molar-refractivity contribution is 0.799. The number of rotatable bonds is 3. The van der Waals surface area contributed by atoms with E-state index in [4.69, 9.17) is 5.41 Å². The van der Waals surface area contributed by atoms with Crippen LogP contribution < -0.4 is 0 Å². The maximum absolute atomic E-state index is 7.37. The van der Waals surface area contributed by atoms with Gasteiger partial charge in [0.25, 0.3) is 0 Å². The summed E-state index contributed by atoms with van der Waals surface area (Å²) in [7, 11) is 0. The highest BCUT2D eigenvalue weighted by molar-refractivity contribution is 5.79. The van der Waals surface area contributed by atoms with E-state index < -0.39 is 0 Å².